The number of aromatic nitrogens is 2. The molecule has 5 atom stereocenters. The van der Waals surface area contributed by atoms with Crippen LogP contribution in [0.3, 0.4) is 0 Å². The molecule has 1 aromatic heterocycles. The van der Waals surface area contributed by atoms with Gasteiger partial charge in [-0.3, -0.25) is 14.7 Å². The van der Waals surface area contributed by atoms with Gasteiger partial charge in [0.25, 0.3) is 0 Å². The molecule has 3 amide bonds. The van der Waals surface area contributed by atoms with E-state index in [-0.39, 0.29) is 42.0 Å². The van der Waals surface area contributed by atoms with Crippen molar-refractivity contribution in [1.82, 2.24) is 25.1 Å². The number of nitrogens with zero attached hydrogens (tertiary/aromatic N) is 4. The van der Waals surface area contributed by atoms with Crippen LogP contribution in [0.4, 0.5) is 15.3 Å². The van der Waals surface area contributed by atoms with Crippen molar-refractivity contribution in [2.45, 2.75) is 104 Å². The van der Waals surface area contributed by atoms with E-state index in [1.54, 1.807) is 7.11 Å². The standard InChI is InChI=1S/C45H54N6O7/c1-24(2)40(49-43(53)56-8)42(52)51-25(3)9-14-37(51)41-46-20-36(48-41)28-10-12-30-29(16-28)23-57-39-19-31-27(17-33(30)39)11-13-34-32(31)18-35(47-34)38-15-26(22-55-7)21-50(38)44(54)58-45(4,5)6/h10-13,16-17,19-20,24-26,37-38,40H,9,14-15,18,21-23H2,1-8H3,(H,46,48)(H,49,53)/t25-,26-,37-,38-,40-/m0/s1. The SMILES string of the molecule is COC[C@H]1C[C@@H](C2=Nc3ccc4cc5c(cc4c3C2)OCc2cc(-c3cnc([C@@H]4CC[C@H](C)N4C(=O)[C@@H](NC(=O)OC)C(C)C)[nH]3)ccc2-5)N(C(=O)OC(C)(C)C)C1. The Morgan fingerprint density at radius 1 is 1.03 bits per heavy atom. The Kier molecular flexibility index (Phi) is 10.5. The summed E-state index contributed by atoms with van der Waals surface area (Å²) in [6, 6.07) is 13.8. The average molecular weight is 791 g/mol. The maximum atomic E-state index is 13.9. The maximum Gasteiger partial charge on any atom is 0.410 e. The van der Waals surface area contributed by atoms with Crippen LogP contribution in [0.5, 0.6) is 5.75 Å². The zero-order valence-electron chi connectivity index (χ0n) is 34.7. The van der Waals surface area contributed by atoms with Crippen LogP contribution in [0, 0.1) is 11.8 Å². The lowest BCUT2D eigenvalue weighted by Crippen LogP contribution is -2.52. The second-order valence-corrected chi connectivity index (χ2v) is 17.5. The van der Waals surface area contributed by atoms with Crippen molar-refractivity contribution in [2.75, 3.05) is 27.4 Å². The molecule has 0 saturated carbocycles. The number of H-pyrrole nitrogens is 1. The zero-order valence-corrected chi connectivity index (χ0v) is 34.7. The molecule has 0 aliphatic carbocycles. The van der Waals surface area contributed by atoms with Gasteiger partial charge in [-0.05, 0) is 110 Å². The first-order valence-electron chi connectivity index (χ1n) is 20.4. The summed E-state index contributed by atoms with van der Waals surface area (Å²) in [4.78, 5) is 56.4. The Labute approximate surface area is 339 Å². The monoisotopic (exact) mass is 790 g/mol. The fourth-order valence-corrected chi connectivity index (χ4v) is 9.14. The molecule has 0 bridgehead atoms. The summed E-state index contributed by atoms with van der Waals surface area (Å²) in [6.45, 7) is 13.1. The summed E-state index contributed by atoms with van der Waals surface area (Å²) >= 11 is 0. The van der Waals surface area contributed by atoms with Gasteiger partial charge >= 0.3 is 12.2 Å². The van der Waals surface area contributed by atoms with E-state index < -0.39 is 17.7 Å². The Balaban J connectivity index is 1.02. The Bertz CT molecular complexity index is 2290. The Morgan fingerprint density at radius 2 is 1.84 bits per heavy atom. The number of aliphatic imine (C=N–C) groups is 1. The first-order chi connectivity index (χ1) is 27.7. The van der Waals surface area contributed by atoms with Gasteiger partial charge in [0, 0.05) is 43.3 Å². The predicted molar refractivity (Wildman–Crippen MR) is 221 cm³/mol. The fourth-order valence-electron chi connectivity index (χ4n) is 9.14. The number of alkyl carbamates (subject to hydrolysis) is 1. The second-order valence-electron chi connectivity index (χ2n) is 17.5. The molecule has 8 rings (SSSR count). The van der Waals surface area contributed by atoms with Crippen molar-refractivity contribution in [3.8, 4) is 28.1 Å². The molecule has 2 N–H and O–H groups in total. The lowest BCUT2D eigenvalue weighted by Gasteiger charge is -2.32. The van der Waals surface area contributed by atoms with E-state index in [4.69, 9.17) is 28.9 Å². The summed E-state index contributed by atoms with van der Waals surface area (Å²) in [5.41, 5.74) is 7.51. The second kappa shape index (κ2) is 15.4. The van der Waals surface area contributed by atoms with Gasteiger partial charge in [-0.15, -0.1) is 0 Å². The number of nitrogens with one attached hydrogen (secondary N) is 2. The minimum absolute atomic E-state index is 0.00455. The van der Waals surface area contributed by atoms with Gasteiger partial charge in [-0.2, -0.15) is 0 Å². The molecule has 58 heavy (non-hydrogen) atoms. The normalized spacial score (nSPS) is 21.6. The number of carbonyl (C=O) groups is 3. The first kappa shape index (κ1) is 39.4. The van der Waals surface area contributed by atoms with Gasteiger partial charge in [0.05, 0.1) is 43.4 Å². The van der Waals surface area contributed by atoms with Crippen LogP contribution < -0.4 is 10.1 Å². The molecule has 4 aliphatic rings. The van der Waals surface area contributed by atoms with E-state index in [2.05, 4.69) is 52.8 Å². The van der Waals surface area contributed by atoms with Crippen LogP contribution in [0.1, 0.15) is 83.8 Å². The van der Waals surface area contributed by atoms with Gasteiger partial charge in [-0.25, -0.2) is 14.6 Å². The first-order valence-corrected chi connectivity index (χ1v) is 20.4. The van der Waals surface area contributed by atoms with Crippen molar-refractivity contribution in [3.05, 3.63) is 65.6 Å². The zero-order chi connectivity index (χ0) is 41.0. The third-order valence-electron chi connectivity index (χ3n) is 11.9. The summed E-state index contributed by atoms with van der Waals surface area (Å²) in [7, 11) is 3.00. The van der Waals surface area contributed by atoms with Crippen molar-refractivity contribution in [2.24, 2.45) is 16.8 Å². The van der Waals surface area contributed by atoms with E-state index in [1.165, 1.54) is 7.11 Å². The summed E-state index contributed by atoms with van der Waals surface area (Å²) < 4.78 is 22.6. The summed E-state index contributed by atoms with van der Waals surface area (Å²) in [5.74, 6) is 1.50. The van der Waals surface area contributed by atoms with E-state index in [9.17, 15) is 14.4 Å². The largest absolute Gasteiger partial charge is 0.488 e. The highest BCUT2D eigenvalue weighted by Gasteiger charge is 2.43. The summed E-state index contributed by atoms with van der Waals surface area (Å²) in [6.07, 6.45) is 3.91. The Hall–Kier alpha value is -5.43. The van der Waals surface area contributed by atoms with Crippen molar-refractivity contribution in [1.29, 1.82) is 0 Å². The molecule has 5 heterocycles. The van der Waals surface area contributed by atoms with E-state index >= 15 is 0 Å². The van der Waals surface area contributed by atoms with Crippen LogP contribution in [0.25, 0.3) is 33.2 Å². The van der Waals surface area contributed by atoms with Crippen LogP contribution in [0.15, 0.2) is 53.7 Å². The fraction of sp³-hybridized carbons (Fsp3) is 0.489. The van der Waals surface area contributed by atoms with Crippen LogP contribution >= 0.6 is 0 Å². The van der Waals surface area contributed by atoms with Crippen molar-refractivity contribution >= 4 is 40.3 Å². The molecule has 4 aliphatic heterocycles. The highest BCUT2D eigenvalue weighted by Crippen LogP contribution is 2.45. The molecule has 13 heteroatoms. The molecule has 4 aromatic rings. The predicted octanol–water partition coefficient (Wildman–Crippen LogP) is 8.12. The smallest absolute Gasteiger partial charge is 0.410 e. The molecule has 3 aromatic carbocycles. The number of carbonyl (C=O) groups excluding carboxylic acids is 3. The van der Waals surface area contributed by atoms with E-state index in [0.717, 1.165) is 86.5 Å². The number of rotatable bonds is 8. The molecule has 2 fully saturated rings. The van der Waals surface area contributed by atoms with Gasteiger partial charge in [-0.1, -0.05) is 32.0 Å². The Morgan fingerprint density at radius 3 is 2.59 bits per heavy atom. The van der Waals surface area contributed by atoms with Gasteiger partial charge in [0.2, 0.25) is 5.91 Å². The number of aromatic amines is 1. The highest BCUT2D eigenvalue weighted by atomic mass is 16.6. The number of hydrogen-bond donors (Lipinski definition) is 2. The molecular formula is C45H54N6O7. The van der Waals surface area contributed by atoms with E-state index in [0.29, 0.717) is 26.2 Å². The molecule has 0 unspecified atom stereocenters. The van der Waals surface area contributed by atoms with Gasteiger partial charge < -0.3 is 34.1 Å². The minimum atomic E-state index is -0.708. The van der Waals surface area contributed by atoms with Crippen molar-refractivity contribution in [3.63, 3.8) is 0 Å². The number of imidazole rings is 1. The number of benzene rings is 3. The van der Waals surface area contributed by atoms with E-state index in [1.807, 2.05) is 57.5 Å². The number of fused-ring (bicyclic) bond motifs is 6. The van der Waals surface area contributed by atoms with Crippen LogP contribution in [0.2, 0.25) is 0 Å². The number of methoxy groups -OCH3 is 2. The average Bonchev–Trinajstić information content (AvgIpc) is 4.00. The topological polar surface area (TPSA) is 148 Å². The quantitative estimate of drug-likeness (QED) is 0.182. The lowest BCUT2D eigenvalue weighted by atomic mass is 9.90. The van der Waals surface area contributed by atoms with Crippen LogP contribution in [-0.4, -0.2) is 94.7 Å². The number of ether oxygens (including phenoxy) is 4. The van der Waals surface area contributed by atoms with Crippen LogP contribution in [-0.2, 0) is 32.0 Å². The molecule has 2 saturated heterocycles. The molecular weight excluding hydrogens is 737 g/mol. The lowest BCUT2D eigenvalue weighted by molar-refractivity contribution is -0.137. The maximum absolute atomic E-state index is 13.9. The number of likely N-dealkylation sites (tertiary alicyclic amines) is 2. The van der Waals surface area contributed by atoms with Gasteiger partial charge in [0.15, 0.2) is 0 Å². The molecule has 0 radical (unpaired) electrons. The molecule has 306 valence electrons. The third-order valence-corrected chi connectivity index (χ3v) is 11.9. The third kappa shape index (κ3) is 7.40. The molecule has 0 spiro atoms. The minimum Gasteiger partial charge on any atom is -0.488 e. The molecule has 13 nitrogen and oxygen atoms in total. The highest BCUT2D eigenvalue weighted by molar-refractivity contribution is 6.06. The number of hydrogen-bond acceptors (Lipinski definition) is 9. The number of amides is 3. The van der Waals surface area contributed by atoms with Gasteiger partial charge in [0.1, 0.15) is 29.8 Å². The summed E-state index contributed by atoms with van der Waals surface area (Å²) in [5, 5.41) is 4.94. The van der Waals surface area contributed by atoms with Crippen molar-refractivity contribution < 1.29 is 33.3 Å².